The van der Waals surface area contributed by atoms with Crippen LogP contribution in [0.15, 0.2) is 29.6 Å². The molecule has 1 heterocycles. The van der Waals surface area contributed by atoms with Gasteiger partial charge in [-0.05, 0) is 24.4 Å². The predicted octanol–water partition coefficient (Wildman–Crippen LogP) is 4.12. The van der Waals surface area contributed by atoms with Crippen molar-refractivity contribution in [3.8, 4) is 11.3 Å². The maximum absolute atomic E-state index is 4.66. The molecule has 0 saturated carbocycles. The molecule has 0 saturated heterocycles. The molecule has 2 aromatic rings. The second-order valence-corrected chi connectivity index (χ2v) is 6.14. The lowest BCUT2D eigenvalue weighted by atomic mass is 10.0. The Hall–Kier alpha value is -1.19. The highest BCUT2D eigenvalue weighted by molar-refractivity contribution is 7.09. The van der Waals surface area contributed by atoms with Crippen molar-refractivity contribution in [1.29, 1.82) is 0 Å². The van der Waals surface area contributed by atoms with Gasteiger partial charge in [-0.15, -0.1) is 11.3 Å². The standard InChI is InChI=1S/C16H22N2S/c1-4-17-10-16-18-15(11-19-16)14-7-5-13(6-8-14)9-12(2)3/h5-8,11-12,17H,4,9-10H2,1-3H3. The van der Waals surface area contributed by atoms with Crippen molar-refractivity contribution in [3.05, 3.63) is 40.2 Å². The number of rotatable bonds is 6. The molecule has 0 unspecified atom stereocenters. The van der Waals surface area contributed by atoms with Crippen molar-refractivity contribution in [2.45, 2.75) is 33.7 Å². The summed E-state index contributed by atoms with van der Waals surface area (Å²) in [5.74, 6) is 0.705. The molecule has 0 aliphatic carbocycles. The fraction of sp³-hybridized carbons (Fsp3) is 0.438. The summed E-state index contributed by atoms with van der Waals surface area (Å²) in [6.07, 6.45) is 1.14. The van der Waals surface area contributed by atoms with Crippen LogP contribution in [-0.4, -0.2) is 11.5 Å². The van der Waals surface area contributed by atoms with E-state index in [9.17, 15) is 0 Å². The largest absolute Gasteiger partial charge is 0.311 e. The van der Waals surface area contributed by atoms with Crippen LogP contribution in [-0.2, 0) is 13.0 Å². The average Bonchev–Trinajstić information content (AvgIpc) is 2.85. The lowest BCUT2D eigenvalue weighted by Gasteiger charge is -2.05. The van der Waals surface area contributed by atoms with Crippen LogP contribution in [0.4, 0.5) is 0 Å². The van der Waals surface area contributed by atoms with E-state index in [1.165, 1.54) is 11.1 Å². The van der Waals surface area contributed by atoms with Crippen LogP contribution >= 0.6 is 11.3 Å². The van der Waals surface area contributed by atoms with Crippen molar-refractivity contribution in [2.24, 2.45) is 5.92 Å². The highest BCUT2D eigenvalue weighted by atomic mass is 32.1. The van der Waals surface area contributed by atoms with Gasteiger partial charge in [0, 0.05) is 17.5 Å². The van der Waals surface area contributed by atoms with Crippen LogP contribution in [0.1, 0.15) is 31.3 Å². The molecule has 102 valence electrons. The molecular formula is C16H22N2S. The Labute approximate surface area is 119 Å². The molecule has 2 nitrogen and oxygen atoms in total. The van der Waals surface area contributed by atoms with E-state index in [1.54, 1.807) is 11.3 Å². The first-order valence-corrected chi connectivity index (χ1v) is 7.81. The first-order chi connectivity index (χ1) is 9.19. The summed E-state index contributed by atoms with van der Waals surface area (Å²) >= 11 is 1.73. The van der Waals surface area contributed by atoms with E-state index in [2.05, 4.69) is 60.7 Å². The van der Waals surface area contributed by atoms with Crippen molar-refractivity contribution < 1.29 is 0 Å². The third kappa shape index (κ3) is 4.15. The molecule has 0 fully saturated rings. The van der Waals surface area contributed by atoms with Gasteiger partial charge in [0.1, 0.15) is 5.01 Å². The van der Waals surface area contributed by atoms with Crippen molar-refractivity contribution in [3.63, 3.8) is 0 Å². The molecular weight excluding hydrogens is 252 g/mol. The average molecular weight is 274 g/mol. The highest BCUT2D eigenvalue weighted by Crippen LogP contribution is 2.22. The Morgan fingerprint density at radius 1 is 1.21 bits per heavy atom. The van der Waals surface area contributed by atoms with Gasteiger partial charge >= 0.3 is 0 Å². The molecule has 1 aromatic heterocycles. The number of hydrogen-bond donors (Lipinski definition) is 1. The number of aromatic nitrogens is 1. The Kier molecular flexibility index (Phi) is 5.11. The molecule has 19 heavy (non-hydrogen) atoms. The summed E-state index contributed by atoms with van der Waals surface area (Å²) in [6.45, 7) is 8.47. The molecule has 0 atom stereocenters. The van der Waals surface area contributed by atoms with Gasteiger partial charge in [0.25, 0.3) is 0 Å². The van der Waals surface area contributed by atoms with Crippen molar-refractivity contribution in [1.82, 2.24) is 10.3 Å². The van der Waals surface area contributed by atoms with Gasteiger partial charge in [-0.2, -0.15) is 0 Å². The topological polar surface area (TPSA) is 24.9 Å². The van der Waals surface area contributed by atoms with Crippen LogP contribution in [0.25, 0.3) is 11.3 Å². The highest BCUT2D eigenvalue weighted by Gasteiger charge is 2.05. The third-order valence-electron chi connectivity index (χ3n) is 2.97. The van der Waals surface area contributed by atoms with Crippen LogP contribution in [0.2, 0.25) is 0 Å². The molecule has 0 aliphatic rings. The monoisotopic (exact) mass is 274 g/mol. The van der Waals surface area contributed by atoms with Gasteiger partial charge in [-0.25, -0.2) is 4.98 Å². The number of benzene rings is 1. The third-order valence-corrected chi connectivity index (χ3v) is 3.82. The van der Waals surface area contributed by atoms with Gasteiger partial charge in [0.05, 0.1) is 5.69 Å². The Morgan fingerprint density at radius 2 is 1.95 bits per heavy atom. The van der Waals surface area contributed by atoms with E-state index in [-0.39, 0.29) is 0 Å². The minimum absolute atomic E-state index is 0.705. The molecule has 3 heteroatoms. The molecule has 1 aromatic carbocycles. The van der Waals surface area contributed by atoms with Crippen molar-refractivity contribution in [2.75, 3.05) is 6.54 Å². The fourth-order valence-electron chi connectivity index (χ4n) is 2.04. The quantitative estimate of drug-likeness (QED) is 0.857. The minimum atomic E-state index is 0.705. The second-order valence-electron chi connectivity index (χ2n) is 5.20. The summed E-state index contributed by atoms with van der Waals surface area (Å²) < 4.78 is 0. The predicted molar refractivity (Wildman–Crippen MR) is 83.5 cm³/mol. The molecule has 0 radical (unpaired) electrons. The van der Waals surface area contributed by atoms with Gasteiger partial charge in [0.15, 0.2) is 0 Å². The normalized spacial score (nSPS) is 11.2. The summed E-state index contributed by atoms with van der Waals surface area (Å²) in [6, 6.07) is 8.81. The smallest absolute Gasteiger partial charge is 0.107 e. The van der Waals surface area contributed by atoms with E-state index < -0.39 is 0 Å². The summed E-state index contributed by atoms with van der Waals surface area (Å²) in [5, 5.41) is 6.61. The molecule has 2 rings (SSSR count). The zero-order valence-electron chi connectivity index (χ0n) is 11.9. The van der Waals surface area contributed by atoms with Gasteiger partial charge in [-0.3, -0.25) is 0 Å². The maximum atomic E-state index is 4.66. The maximum Gasteiger partial charge on any atom is 0.107 e. The SMILES string of the molecule is CCNCc1nc(-c2ccc(CC(C)C)cc2)cs1. The van der Waals surface area contributed by atoms with Crippen LogP contribution in [0, 0.1) is 5.92 Å². The van der Waals surface area contributed by atoms with E-state index in [4.69, 9.17) is 0 Å². The Morgan fingerprint density at radius 3 is 2.58 bits per heavy atom. The number of thiazole rings is 1. The van der Waals surface area contributed by atoms with E-state index in [0.717, 1.165) is 30.2 Å². The Balaban J connectivity index is 2.07. The molecule has 0 bridgehead atoms. The first kappa shape index (κ1) is 14.2. The number of nitrogens with one attached hydrogen (secondary N) is 1. The van der Waals surface area contributed by atoms with E-state index in [1.807, 2.05) is 0 Å². The molecule has 0 spiro atoms. The van der Waals surface area contributed by atoms with Crippen LogP contribution in [0.5, 0.6) is 0 Å². The summed E-state index contributed by atoms with van der Waals surface area (Å²) in [4.78, 5) is 4.66. The molecule has 0 amide bonds. The van der Waals surface area contributed by atoms with Gasteiger partial charge in [-0.1, -0.05) is 45.0 Å². The Bertz CT molecular complexity index is 500. The van der Waals surface area contributed by atoms with E-state index in [0.29, 0.717) is 5.92 Å². The summed E-state index contributed by atoms with van der Waals surface area (Å²) in [7, 11) is 0. The molecule has 0 aliphatic heterocycles. The summed E-state index contributed by atoms with van der Waals surface area (Å²) in [5.41, 5.74) is 3.71. The lowest BCUT2D eigenvalue weighted by Crippen LogP contribution is -2.11. The number of hydrogen-bond acceptors (Lipinski definition) is 3. The van der Waals surface area contributed by atoms with Gasteiger partial charge in [0.2, 0.25) is 0 Å². The first-order valence-electron chi connectivity index (χ1n) is 6.93. The minimum Gasteiger partial charge on any atom is -0.311 e. The molecule has 1 N–H and O–H groups in total. The van der Waals surface area contributed by atoms with E-state index >= 15 is 0 Å². The van der Waals surface area contributed by atoms with Crippen LogP contribution < -0.4 is 5.32 Å². The zero-order valence-corrected chi connectivity index (χ0v) is 12.8. The second kappa shape index (κ2) is 6.83. The van der Waals surface area contributed by atoms with Crippen molar-refractivity contribution >= 4 is 11.3 Å². The van der Waals surface area contributed by atoms with Crippen LogP contribution in [0.3, 0.4) is 0 Å². The zero-order chi connectivity index (χ0) is 13.7. The van der Waals surface area contributed by atoms with Gasteiger partial charge < -0.3 is 5.32 Å². The fourth-order valence-corrected chi connectivity index (χ4v) is 2.81. The lowest BCUT2D eigenvalue weighted by molar-refractivity contribution is 0.647. The number of nitrogens with zero attached hydrogens (tertiary/aromatic N) is 1.